The Balaban J connectivity index is 5.22. The summed E-state index contributed by atoms with van der Waals surface area (Å²) in [5, 5.41) is 10.5. The predicted molar refractivity (Wildman–Crippen MR) is 335 cm³/mol. The Morgan fingerprint density at radius 1 is 0.321 bits per heavy atom. The summed E-state index contributed by atoms with van der Waals surface area (Å²) >= 11 is 0. The summed E-state index contributed by atoms with van der Waals surface area (Å²) in [6.45, 7) is 9.43. The monoisotopic (exact) mass is 1240 g/mol. The van der Waals surface area contributed by atoms with Gasteiger partial charge in [0.15, 0.2) is 12.2 Å². The molecule has 19 heteroatoms. The lowest BCUT2D eigenvalue weighted by atomic mass is 10.0. The van der Waals surface area contributed by atoms with Crippen molar-refractivity contribution in [2.75, 3.05) is 39.6 Å². The molecule has 5 atom stereocenters. The summed E-state index contributed by atoms with van der Waals surface area (Å²) in [5.74, 6) is -0.652. The molecule has 0 heterocycles. The number of esters is 4. The maximum Gasteiger partial charge on any atom is 0.472 e. The highest BCUT2D eigenvalue weighted by atomic mass is 31.2. The van der Waals surface area contributed by atoms with Crippen LogP contribution in [0.2, 0.25) is 0 Å². The van der Waals surface area contributed by atoms with Crippen LogP contribution in [-0.4, -0.2) is 96.7 Å². The average molecular weight is 1240 g/mol. The molecule has 0 saturated carbocycles. The second-order valence-corrected chi connectivity index (χ2v) is 27.4. The van der Waals surface area contributed by atoms with E-state index in [0.717, 1.165) is 115 Å². The van der Waals surface area contributed by atoms with Crippen molar-refractivity contribution in [1.82, 2.24) is 0 Å². The molecule has 3 N–H and O–H groups in total. The highest BCUT2D eigenvalue weighted by molar-refractivity contribution is 7.47. The topological polar surface area (TPSA) is 237 Å². The number of hydrogen-bond donors (Lipinski definition) is 3. The molecule has 2 unspecified atom stereocenters. The minimum absolute atomic E-state index is 0.104. The van der Waals surface area contributed by atoms with Crippen LogP contribution in [0.25, 0.3) is 0 Å². The van der Waals surface area contributed by atoms with Crippen LogP contribution < -0.4 is 0 Å². The van der Waals surface area contributed by atoms with Gasteiger partial charge in [0.05, 0.1) is 26.4 Å². The molecule has 0 spiro atoms. The van der Waals surface area contributed by atoms with Crippen LogP contribution in [-0.2, 0) is 65.4 Å². The maximum atomic E-state index is 13.0. The summed E-state index contributed by atoms with van der Waals surface area (Å²) in [7, 11) is -9.89. The number of phosphoric acid groups is 2. The minimum atomic E-state index is -4.95. The first kappa shape index (κ1) is 82.1. The predicted octanol–water partition coefficient (Wildman–Crippen LogP) is 18.0. The fourth-order valence-corrected chi connectivity index (χ4v) is 11.3. The summed E-state index contributed by atoms with van der Waals surface area (Å²) in [5.41, 5.74) is 0. The van der Waals surface area contributed by atoms with E-state index in [4.69, 9.17) is 37.0 Å². The number of aliphatic hydroxyl groups excluding tert-OH is 1. The Bertz CT molecular complexity index is 1650. The molecule has 0 rings (SSSR count). The van der Waals surface area contributed by atoms with E-state index in [2.05, 4.69) is 41.5 Å². The van der Waals surface area contributed by atoms with Crippen molar-refractivity contribution in [2.24, 2.45) is 11.8 Å². The van der Waals surface area contributed by atoms with E-state index in [1.165, 1.54) is 128 Å². The van der Waals surface area contributed by atoms with Crippen LogP contribution in [0.4, 0.5) is 0 Å². The molecule has 0 saturated heterocycles. The lowest BCUT2D eigenvalue weighted by Crippen LogP contribution is -2.30. The van der Waals surface area contributed by atoms with Gasteiger partial charge in [-0.25, -0.2) is 9.13 Å². The summed E-state index contributed by atoms with van der Waals surface area (Å²) in [6, 6.07) is 0. The average Bonchev–Trinajstić information content (AvgIpc) is 3.54. The Labute approximate surface area is 511 Å². The molecular weight excluding hydrogens is 1110 g/mol. The first-order valence-corrected chi connectivity index (χ1v) is 37.0. The highest BCUT2D eigenvalue weighted by Crippen LogP contribution is 2.45. The normalized spacial score (nSPS) is 14.3. The van der Waals surface area contributed by atoms with E-state index >= 15 is 0 Å². The Hall–Kier alpha value is -1.94. The van der Waals surface area contributed by atoms with Gasteiger partial charge in [0, 0.05) is 25.7 Å². The smallest absolute Gasteiger partial charge is 0.462 e. The lowest BCUT2D eigenvalue weighted by Gasteiger charge is -2.21. The van der Waals surface area contributed by atoms with E-state index in [1.807, 2.05) is 0 Å². The van der Waals surface area contributed by atoms with Gasteiger partial charge in [-0.15, -0.1) is 0 Å². The number of unbranched alkanes of at least 4 members (excludes halogenated alkanes) is 34. The SMILES string of the molecule is CCCCCCCCCCCCCCC(=O)OC[C@H](COP(=O)(O)OC[C@@H](O)COP(=O)(O)OC[C@@H](COC(=O)CCCCCCCCC)OC(=O)CCCCCCCCCCC(C)C)OC(=O)CCCCCCCCCCCCCC(C)C. The number of phosphoric ester groups is 2. The third-order valence-corrected chi connectivity index (χ3v) is 16.9. The van der Waals surface area contributed by atoms with Gasteiger partial charge in [-0.1, -0.05) is 273 Å². The van der Waals surface area contributed by atoms with Crippen molar-refractivity contribution in [2.45, 2.75) is 342 Å². The van der Waals surface area contributed by atoms with Gasteiger partial charge < -0.3 is 33.8 Å². The maximum absolute atomic E-state index is 13.0. The Morgan fingerprint density at radius 2 is 0.548 bits per heavy atom. The van der Waals surface area contributed by atoms with Gasteiger partial charge in [-0.05, 0) is 37.5 Å². The molecular formula is C65H126O17P2. The van der Waals surface area contributed by atoms with Crippen LogP contribution in [0.3, 0.4) is 0 Å². The number of hydrogen-bond acceptors (Lipinski definition) is 15. The second-order valence-electron chi connectivity index (χ2n) is 24.5. The number of carbonyl (C=O) groups excluding carboxylic acids is 4. The van der Waals surface area contributed by atoms with Gasteiger partial charge in [0.25, 0.3) is 0 Å². The number of ether oxygens (including phenoxy) is 4. The van der Waals surface area contributed by atoms with E-state index in [9.17, 15) is 43.2 Å². The molecule has 84 heavy (non-hydrogen) atoms. The van der Waals surface area contributed by atoms with Gasteiger partial charge >= 0.3 is 39.5 Å². The quantitative estimate of drug-likeness (QED) is 0.0222. The van der Waals surface area contributed by atoms with Crippen molar-refractivity contribution in [3.05, 3.63) is 0 Å². The zero-order valence-corrected chi connectivity index (χ0v) is 56.0. The molecule has 0 aliphatic carbocycles. The Morgan fingerprint density at radius 3 is 0.810 bits per heavy atom. The first-order chi connectivity index (χ1) is 40.4. The number of rotatable bonds is 64. The van der Waals surface area contributed by atoms with Gasteiger partial charge in [-0.2, -0.15) is 0 Å². The van der Waals surface area contributed by atoms with Gasteiger partial charge in [-0.3, -0.25) is 37.3 Å². The van der Waals surface area contributed by atoms with Crippen molar-refractivity contribution < 1.29 is 80.2 Å². The van der Waals surface area contributed by atoms with Crippen molar-refractivity contribution in [3.8, 4) is 0 Å². The largest absolute Gasteiger partial charge is 0.472 e. The molecule has 17 nitrogen and oxygen atoms in total. The molecule has 498 valence electrons. The molecule has 0 aliphatic heterocycles. The van der Waals surface area contributed by atoms with Crippen LogP contribution in [0.1, 0.15) is 324 Å². The minimum Gasteiger partial charge on any atom is -0.462 e. The summed E-state index contributed by atoms with van der Waals surface area (Å²) in [4.78, 5) is 72.2. The van der Waals surface area contributed by atoms with E-state index in [0.29, 0.717) is 25.7 Å². The van der Waals surface area contributed by atoms with Crippen molar-refractivity contribution in [3.63, 3.8) is 0 Å². The summed E-state index contributed by atoms with van der Waals surface area (Å²) in [6.07, 6.45) is 40.4. The molecule has 0 fully saturated rings. The third-order valence-electron chi connectivity index (χ3n) is 15.0. The molecule has 0 aromatic heterocycles. The standard InChI is InChI=1S/C65H126O17P2/c1-7-9-11-13-15-16-17-20-23-30-36-42-48-63(68)76-54-61(81-64(69)49-43-37-31-24-21-18-19-22-28-33-39-45-57(3)4)56-80-84(73,74)78-52-59(66)51-77-83(71,72)79-55-60(53-75-62(67)47-41-35-27-14-12-10-8-2)82-65(70)50-44-38-32-26-25-29-34-40-46-58(5)6/h57-61,66H,7-56H2,1-6H3,(H,71,72)(H,73,74)/t59-,60+,61+/m0/s1. The fraction of sp³-hybridized carbons (Fsp3) is 0.938. The van der Waals surface area contributed by atoms with Crippen LogP contribution in [0, 0.1) is 11.8 Å². The van der Waals surface area contributed by atoms with Gasteiger partial charge in [0.1, 0.15) is 19.3 Å². The molecule has 0 radical (unpaired) electrons. The zero-order valence-electron chi connectivity index (χ0n) is 54.2. The van der Waals surface area contributed by atoms with E-state index in [1.54, 1.807) is 0 Å². The summed E-state index contributed by atoms with van der Waals surface area (Å²) < 4.78 is 68.0. The fourth-order valence-electron chi connectivity index (χ4n) is 9.71. The molecule has 0 aliphatic rings. The van der Waals surface area contributed by atoms with Crippen LogP contribution in [0.15, 0.2) is 0 Å². The van der Waals surface area contributed by atoms with Crippen LogP contribution >= 0.6 is 15.6 Å². The highest BCUT2D eigenvalue weighted by Gasteiger charge is 2.30. The zero-order chi connectivity index (χ0) is 62.2. The molecule has 0 aromatic carbocycles. The van der Waals surface area contributed by atoms with Gasteiger partial charge in [0.2, 0.25) is 0 Å². The molecule has 0 bridgehead atoms. The second kappa shape index (κ2) is 57.5. The number of aliphatic hydroxyl groups is 1. The van der Waals surface area contributed by atoms with E-state index in [-0.39, 0.29) is 25.7 Å². The molecule has 0 amide bonds. The van der Waals surface area contributed by atoms with Crippen LogP contribution in [0.5, 0.6) is 0 Å². The first-order valence-electron chi connectivity index (χ1n) is 34.0. The Kier molecular flexibility index (Phi) is 56.2. The molecule has 0 aromatic rings. The third kappa shape index (κ3) is 59.0. The van der Waals surface area contributed by atoms with Crippen molar-refractivity contribution >= 4 is 39.5 Å². The lowest BCUT2D eigenvalue weighted by molar-refractivity contribution is -0.161. The van der Waals surface area contributed by atoms with E-state index < -0.39 is 97.5 Å². The number of carbonyl (C=O) groups is 4. The van der Waals surface area contributed by atoms with Crippen molar-refractivity contribution in [1.29, 1.82) is 0 Å².